The first kappa shape index (κ1) is 15.2. The van der Waals surface area contributed by atoms with Crippen LogP contribution in [0.15, 0.2) is 12.2 Å². The summed E-state index contributed by atoms with van der Waals surface area (Å²) in [4.78, 5) is 11.8. The maximum Gasteiger partial charge on any atom is 0.224 e. The number of allylic oxidation sites excluding steroid dienone is 1. The normalized spacial score (nSPS) is 14.1. The molecule has 1 amide bonds. The molecule has 0 aromatic carbocycles. The van der Waals surface area contributed by atoms with Gasteiger partial charge in [0.25, 0.3) is 0 Å². The van der Waals surface area contributed by atoms with Crippen LogP contribution in [0.1, 0.15) is 40.5 Å². The predicted octanol–water partition coefficient (Wildman–Crippen LogP) is 2.08. The molecule has 3 heteroatoms. The number of nitrogens with one attached hydrogen (secondary N) is 1. The van der Waals surface area contributed by atoms with Crippen LogP contribution in [0.3, 0.4) is 0 Å². The summed E-state index contributed by atoms with van der Waals surface area (Å²) in [6, 6.07) is 0. The molecule has 0 heterocycles. The summed E-state index contributed by atoms with van der Waals surface area (Å²) < 4.78 is 0. The topological polar surface area (TPSA) is 55.1 Å². The fraction of sp³-hybridized carbons (Fsp3) is 0.769. The van der Waals surface area contributed by atoms with E-state index in [-0.39, 0.29) is 17.2 Å². The third kappa shape index (κ3) is 7.46. The van der Waals surface area contributed by atoms with Gasteiger partial charge in [0.2, 0.25) is 5.91 Å². The number of carbonyl (C=O) groups is 1. The summed E-state index contributed by atoms with van der Waals surface area (Å²) >= 11 is 0. The Morgan fingerprint density at radius 3 is 2.50 bits per heavy atom. The zero-order valence-corrected chi connectivity index (χ0v) is 11.0. The monoisotopic (exact) mass is 226 g/mol. The van der Waals surface area contributed by atoms with Crippen LogP contribution >= 0.6 is 0 Å². The van der Waals surface area contributed by atoms with Gasteiger partial charge in [-0.25, -0.2) is 0 Å². The molecule has 0 aliphatic heterocycles. The summed E-state index contributed by atoms with van der Waals surface area (Å²) in [5.41, 5.74) is 5.78. The fourth-order valence-corrected chi connectivity index (χ4v) is 1.61. The second kappa shape index (κ2) is 7.44. The van der Waals surface area contributed by atoms with Gasteiger partial charge in [-0.2, -0.15) is 0 Å². The summed E-state index contributed by atoms with van der Waals surface area (Å²) in [7, 11) is 0. The van der Waals surface area contributed by atoms with E-state index in [1.165, 1.54) is 0 Å². The summed E-state index contributed by atoms with van der Waals surface area (Å²) in [6.45, 7) is 9.48. The number of nitrogens with two attached hydrogens (primary N) is 1. The van der Waals surface area contributed by atoms with Crippen LogP contribution in [0.4, 0.5) is 0 Å². The Kier molecular flexibility index (Phi) is 7.06. The van der Waals surface area contributed by atoms with Crippen molar-refractivity contribution in [3.8, 4) is 0 Å². The number of carbonyl (C=O) groups excluding carboxylic acids is 1. The number of hydrogen-bond acceptors (Lipinski definition) is 2. The molecule has 0 aliphatic rings. The van der Waals surface area contributed by atoms with Crippen molar-refractivity contribution in [2.75, 3.05) is 13.1 Å². The van der Waals surface area contributed by atoms with Crippen molar-refractivity contribution in [1.82, 2.24) is 5.32 Å². The Bertz CT molecular complexity index is 229. The lowest BCUT2D eigenvalue weighted by atomic mass is 9.84. The van der Waals surface area contributed by atoms with Crippen LogP contribution in [-0.2, 0) is 4.79 Å². The van der Waals surface area contributed by atoms with Crippen LogP contribution in [-0.4, -0.2) is 19.0 Å². The first-order valence-corrected chi connectivity index (χ1v) is 5.99. The average Bonchev–Trinajstić information content (AvgIpc) is 2.19. The molecule has 0 radical (unpaired) electrons. The highest BCUT2D eigenvalue weighted by Gasteiger charge is 2.23. The molecule has 0 bridgehead atoms. The molecule has 16 heavy (non-hydrogen) atoms. The Labute approximate surface area is 99.5 Å². The van der Waals surface area contributed by atoms with Gasteiger partial charge in [0.05, 0.1) is 5.92 Å². The minimum atomic E-state index is -0.0643. The lowest BCUT2D eigenvalue weighted by Crippen LogP contribution is -2.37. The molecular weight excluding hydrogens is 200 g/mol. The van der Waals surface area contributed by atoms with E-state index in [1.807, 2.05) is 19.1 Å². The molecule has 3 N–H and O–H groups in total. The van der Waals surface area contributed by atoms with Crippen LogP contribution in [0, 0.1) is 11.3 Å². The molecule has 0 rings (SSSR count). The van der Waals surface area contributed by atoms with Crippen molar-refractivity contribution in [2.45, 2.75) is 40.5 Å². The zero-order chi connectivity index (χ0) is 12.6. The van der Waals surface area contributed by atoms with E-state index >= 15 is 0 Å². The van der Waals surface area contributed by atoms with Gasteiger partial charge < -0.3 is 11.1 Å². The quantitative estimate of drug-likeness (QED) is 0.538. The van der Waals surface area contributed by atoms with Crippen molar-refractivity contribution in [2.24, 2.45) is 17.1 Å². The predicted molar refractivity (Wildman–Crippen MR) is 69.1 cm³/mol. The van der Waals surface area contributed by atoms with Crippen molar-refractivity contribution in [1.29, 1.82) is 0 Å². The first-order valence-electron chi connectivity index (χ1n) is 5.99. The van der Waals surface area contributed by atoms with Gasteiger partial charge in [0.15, 0.2) is 0 Å². The third-order valence-electron chi connectivity index (χ3n) is 2.36. The molecule has 0 aliphatic carbocycles. The first-order chi connectivity index (χ1) is 7.40. The van der Waals surface area contributed by atoms with Gasteiger partial charge in [0.1, 0.15) is 0 Å². The van der Waals surface area contributed by atoms with E-state index in [4.69, 9.17) is 5.73 Å². The molecule has 0 saturated carbocycles. The van der Waals surface area contributed by atoms with Gasteiger partial charge in [-0.3, -0.25) is 4.79 Å². The molecule has 0 aromatic rings. The zero-order valence-electron chi connectivity index (χ0n) is 11.0. The Hall–Kier alpha value is -0.830. The maximum atomic E-state index is 11.8. The Balaban J connectivity index is 4.01. The molecule has 0 aromatic heterocycles. The lowest BCUT2D eigenvalue weighted by Gasteiger charge is -2.24. The van der Waals surface area contributed by atoms with E-state index in [1.54, 1.807) is 0 Å². The molecule has 3 nitrogen and oxygen atoms in total. The standard InChI is InChI=1S/C13H26N2O/c1-5-6-7-8-15-12(16)11(10-14)9-13(2,3)4/h5-6,11H,7-10,14H2,1-4H3,(H,15,16)/b6-5+. The molecule has 94 valence electrons. The third-order valence-corrected chi connectivity index (χ3v) is 2.36. The minimum absolute atomic E-state index is 0.0643. The van der Waals surface area contributed by atoms with Crippen molar-refractivity contribution in [3.05, 3.63) is 12.2 Å². The van der Waals surface area contributed by atoms with Gasteiger partial charge in [-0.1, -0.05) is 32.9 Å². The van der Waals surface area contributed by atoms with Crippen LogP contribution in [0.2, 0.25) is 0 Å². The number of amides is 1. The van der Waals surface area contributed by atoms with Gasteiger partial charge >= 0.3 is 0 Å². The number of hydrogen-bond donors (Lipinski definition) is 2. The highest BCUT2D eigenvalue weighted by Crippen LogP contribution is 2.23. The van der Waals surface area contributed by atoms with Crippen LogP contribution < -0.4 is 11.1 Å². The summed E-state index contributed by atoms with van der Waals surface area (Å²) in [6.07, 6.45) is 5.75. The smallest absolute Gasteiger partial charge is 0.224 e. The van der Waals surface area contributed by atoms with Crippen LogP contribution in [0.5, 0.6) is 0 Å². The van der Waals surface area contributed by atoms with Crippen molar-refractivity contribution < 1.29 is 4.79 Å². The van der Waals surface area contributed by atoms with E-state index in [0.29, 0.717) is 13.1 Å². The molecule has 0 spiro atoms. The van der Waals surface area contributed by atoms with Gasteiger partial charge in [0, 0.05) is 13.1 Å². The molecule has 1 unspecified atom stereocenters. The second-order valence-electron chi connectivity index (χ2n) is 5.35. The highest BCUT2D eigenvalue weighted by molar-refractivity contribution is 5.78. The van der Waals surface area contributed by atoms with E-state index in [0.717, 1.165) is 12.8 Å². The lowest BCUT2D eigenvalue weighted by molar-refractivity contribution is -0.125. The molecule has 0 saturated heterocycles. The molecule has 1 atom stereocenters. The fourth-order valence-electron chi connectivity index (χ4n) is 1.61. The average molecular weight is 226 g/mol. The summed E-state index contributed by atoms with van der Waals surface area (Å²) in [5.74, 6) is 0.0209. The Morgan fingerprint density at radius 1 is 1.44 bits per heavy atom. The van der Waals surface area contributed by atoms with Crippen LogP contribution in [0.25, 0.3) is 0 Å². The molecule has 0 fully saturated rings. The maximum absolute atomic E-state index is 11.8. The number of rotatable bonds is 6. The SMILES string of the molecule is C/C=C/CCNC(=O)C(CN)CC(C)(C)C. The largest absolute Gasteiger partial charge is 0.356 e. The van der Waals surface area contributed by atoms with E-state index in [9.17, 15) is 4.79 Å². The van der Waals surface area contributed by atoms with Crippen molar-refractivity contribution in [3.63, 3.8) is 0 Å². The van der Waals surface area contributed by atoms with E-state index in [2.05, 4.69) is 26.1 Å². The van der Waals surface area contributed by atoms with Crippen molar-refractivity contribution >= 4 is 5.91 Å². The Morgan fingerprint density at radius 2 is 2.06 bits per heavy atom. The minimum Gasteiger partial charge on any atom is -0.356 e. The van der Waals surface area contributed by atoms with E-state index < -0.39 is 0 Å². The van der Waals surface area contributed by atoms with Gasteiger partial charge in [-0.05, 0) is 25.2 Å². The van der Waals surface area contributed by atoms with Gasteiger partial charge in [-0.15, -0.1) is 0 Å². The molecular formula is C13H26N2O. The second-order valence-corrected chi connectivity index (χ2v) is 5.35. The highest BCUT2D eigenvalue weighted by atomic mass is 16.1. The summed E-state index contributed by atoms with van der Waals surface area (Å²) in [5, 5.41) is 2.92.